The zero-order chi connectivity index (χ0) is 21.3. The molecule has 29 heavy (non-hydrogen) atoms. The number of pyridine rings is 1. The molecule has 3 aromatic rings. The van der Waals surface area contributed by atoms with Gasteiger partial charge in [0.2, 0.25) is 5.69 Å². The number of nitrogens with zero attached hydrogens (tertiary/aromatic N) is 4. The van der Waals surface area contributed by atoms with E-state index in [0.717, 1.165) is 4.68 Å². The molecule has 2 aromatic heterocycles. The van der Waals surface area contributed by atoms with E-state index in [9.17, 15) is 23.3 Å². The Morgan fingerprint density at radius 2 is 1.97 bits per heavy atom. The number of hydrogen-bond donors (Lipinski definition) is 1. The van der Waals surface area contributed by atoms with E-state index in [-0.39, 0.29) is 28.1 Å². The molecule has 0 fully saturated rings. The van der Waals surface area contributed by atoms with Crippen molar-refractivity contribution in [1.29, 1.82) is 0 Å². The van der Waals surface area contributed by atoms with Crippen molar-refractivity contribution in [1.82, 2.24) is 14.8 Å². The first-order valence-corrected chi connectivity index (χ1v) is 8.77. The Morgan fingerprint density at radius 1 is 1.31 bits per heavy atom. The second-order valence-corrected chi connectivity index (χ2v) is 6.71. The predicted octanol–water partition coefficient (Wildman–Crippen LogP) is 4.27. The molecular weight excluding hydrogens is 459 g/mol. The molecule has 0 aliphatic heterocycles. The second-order valence-electron chi connectivity index (χ2n) is 5.90. The standard InChI is InChI=1S/C17H13BrF3N5O3/c1-29-10-4-2-9(3-5-10)8-25-14(11-6-13(18)23-7-12(11)22)15(26(27)28)16(24-25)17(19,20)21/h2-7H,8,22H2,1H3. The molecule has 3 rings (SSSR count). The van der Waals surface area contributed by atoms with Crippen molar-refractivity contribution in [2.24, 2.45) is 0 Å². The van der Waals surface area contributed by atoms with Gasteiger partial charge in [-0.25, -0.2) is 4.98 Å². The van der Waals surface area contributed by atoms with E-state index in [1.807, 2.05) is 0 Å². The number of ether oxygens (including phenoxy) is 1. The zero-order valence-corrected chi connectivity index (χ0v) is 16.4. The fourth-order valence-corrected chi connectivity index (χ4v) is 3.08. The highest BCUT2D eigenvalue weighted by molar-refractivity contribution is 9.10. The van der Waals surface area contributed by atoms with Gasteiger partial charge in [-0.05, 0) is 39.7 Å². The number of rotatable bonds is 5. The molecular formula is C17H13BrF3N5O3. The fraction of sp³-hybridized carbons (Fsp3) is 0.176. The summed E-state index contributed by atoms with van der Waals surface area (Å²) in [5.74, 6) is 0.554. The molecule has 152 valence electrons. The Kier molecular flexibility index (Phi) is 5.46. The Morgan fingerprint density at radius 3 is 2.52 bits per heavy atom. The summed E-state index contributed by atoms with van der Waals surface area (Å²) in [4.78, 5) is 14.4. The minimum Gasteiger partial charge on any atom is -0.497 e. The van der Waals surface area contributed by atoms with Crippen molar-refractivity contribution >= 4 is 27.3 Å². The highest BCUT2D eigenvalue weighted by atomic mass is 79.9. The second kappa shape index (κ2) is 7.70. The van der Waals surface area contributed by atoms with Gasteiger partial charge in [-0.3, -0.25) is 14.8 Å². The molecule has 0 bridgehead atoms. The van der Waals surface area contributed by atoms with Gasteiger partial charge >= 0.3 is 11.9 Å². The number of halogens is 4. The lowest BCUT2D eigenvalue weighted by Crippen LogP contribution is -2.10. The van der Waals surface area contributed by atoms with Crippen LogP contribution in [0.5, 0.6) is 5.75 Å². The van der Waals surface area contributed by atoms with Crippen molar-refractivity contribution in [3.05, 3.63) is 62.5 Å². The summed E-state index contributed by atoms with van der Waals surface area (Å²) in [5.41, 5.74) is 3.28. The van der Waals surface area contributed by atoms with E-state index in [4.69, 9.17) is 10.5 Å². The zero-order valence-electron chi connectivity index (χ0n) is 14.8. The van der Waals surface area contributed by atoms with Gasteiger partial charge in [0.05, 0.1) is 30.5 Å². The molecule has 0 radical (unpaired) electrons. The van der Waals surface area contributed by atoms with Crippen LogP contribution in [0, 0.1) is 10.1 Å². The SMILES string of the molecule is COc1ccc(Cn2nc(C(F)(F)F)c([N+](=O)[O-])c2-c2cc(Br)ncc2N)cc1. The molecule has 0 saturated carbocycles. The van der Waals surface area contributed by atoms with E-state index in [1.54, 1.807) is 24.3 Å². The topological polar surface area (TPSA) is 109 Å². The molecule has 0 atom stereocenters. The van der Waals surface area contributed by atoms with Gasteiger partial charge in [-0.1, -0.05) is 12.1 Å². The number of benzene rings is 1. The van der Waals surface area contributed by atoms with Gasteiger partial charge in [0, 0.05) is 5.56 Å². The van der Waals surface area contributed by atoms with E-state index >= 15 is 0 Å². The minimum absolute atomic E-state index is 0.00934. The van der Waals surface area contributed by atoms with Crippen molar-refractivity contribution in [3.8, 4) is 17.0 Å². The summed E-state index contributed by atoms with van der Waals surface area (Å²) in [6, 6.07) is 7.79. The van der Waals surface area contributed by atoms with E-state index in [2.05, 4.69) is 26.0 Å². The molecule has 8 nitrogen and oxygen atoms in total. The summed E-state index contributed by atoms with van der Waals surface area (Å²) >= 11 is 3.11. The molecule has 0 saturated heterocycles. The van der Waals surface area contributed by atoms with Crippen LogP contribution < -0.4 is 10.5 Å². The van der Waals surface area contributed by atoms with Crippen LogP contribution in [0.1, 0.15) is 11.3 Å². The molecule has 0 unspecified atom stereocenters. The average molecular weight is 472 g/mol. The molecule has 2 heterocycles. The lowest BCUT2D eigenvalue weighted by Gasteiger charge is -2.10. The monoisotopic (exact) mass is 471 g/mol. The first kappa shape index (κ1) is 20.6. The summed E-state index contributed by atoms with van der Waals surface area (Å²) in [5, 5.41) is 15.1. The first-order valence-electron chi connectivity index (χ1n) is 7.98. The van der Waals surface area contributed by atoms with Gasteiger partial charge in [0.1, 0.15) is 16.0 Å². The van der Waals surface area contributed by atoms with Crippen LogP contribution in [0.2, 0.25) is 0 Å². The highest BCUT2D eigenvalue weighted by Gasteiger charge is 2.45. The van der Waals surface area contributed by atoms with Gasteiger partial charge in [-0.2, -0.15) is 18.3 Å². The van der Waals surface area contributed by atoms with Crippen molar-refractivity contribution in [2.45, 2.75) is 12.7 Å². The Hall–Kier alpha value is -3.15. The van der Waals surface area contributed by atoms with Crippen LogP contribution >= 0.6 is 15.9 Å². The maximum Gasteiger partial charge on any atom is 0.442 e. The molecule has 2 N–H and O–H groups in total. The largest absolute Gasteiger partial charge is 0.497 e. The van der Waals surface area contributed by atoms with Crippen LogP contribution in [0.15, 0.2) is 41.1 Å². The van der Waals surface area contributed by atoms with Crippen molar-refractivity contribution in [2.75, 3.05) is 12.8 Å². The van der Waals surface area contributed by atoms with Gasteiger partial charge < -0.3 is 10.5 Å². The number of nitro groups is 1. The molecule has 0 aliphatic carbocycles. The van der Waals surface area contributed by atoms with Gasteiger partial charge in [0.25, 0.3) is 0 Å². The number of nitrogens with two attached hydrogens (primary N) is 1. The molecule has 12 heteroatoms. The maximum atomic E-state index is 13.5. The van der Waals surface area contributed by atoms with Gasteiger partial charge in [-0.15, -0.1) is 0 Å². The summed E-state index contributed by atoms with van der Waals surface area (Å²) in [7, 11) is 1.48. The normalized spacial score (nSPS) is 11.5. The van der Waals surface area contributed by atoms with Crippen LogP contribution in [0.4, 0.5) is 24.5 Å². The lowest BCUT2D eigenvalue weighted by atomic mass is 10.1. The number of methoxy groups -OCH3 is 1. The highest BCUT2D eigenvalue weighted by Crippen LogP contribution is 2.43. The quantitative estimate of drug-likeness (QED) is 0.338. The van der Waals surface area contributed by atoms with Crippen LogP contribution in [-0.4, -0.2) is 26.8 Å². The third-order valence-electron chi connectivity index (χ3n) is 4.03. The average Bonchev–Trinajstić information content (AvgIpc) is 3.04. The summed E-state index contributed by atoms with van der Waals surface area (Å²) in [6.07, 6.45) is -3.83. The maximum absolute atomic E-state index is 13.5. The fourth-order valence-electron chi connectivity index (χ4n) is 2.75. The van der Waals surface area contributed by atoms with Crippen LogP contribution in [0.3, 0.4) is 0 Å². The molecule has 0 aliphatic rings. The van der Waals surface area contributed by atoms with E-state index in [0.29, 0.717) is 11.3 Å². The summed E-state index contributed by atoms with van der Waals surface area (Å²) < 4.78 is 46.7. The van der Waals surface area contributed by atoms with Crippen LogP contribution in [-0.2, 0) is 12.7 Å². The molecule has 1 aromatic carbocycles. The number of anilines is 1. The Balaban J connectivity index is 2.25. The number of aromatic nitrogens is 3. The number of nitrogen functional groups attached to an aromatic ring is 1. The summed E-state index contributed by atoms with van der Waals surface area (Å²) in [6.45, 7) is -0.157. The molecule has 0 amide bonds. The third-order valence-corrected chi connectivity index (χ3v) is 4.46. The van der Waals surface area contributed by atoms with Crippen molar-refractivity contribution in [3.63, 3.8) is 0 Å². The van der Waals surface area contributed by atoms with Crippen molar-refractivity contribution < 1.29 is 22.8 Å². The Labute approximate surface area is 170 Å². The van der Waals surface area contributed by atoms with Crippen LogP contribution in [0.25, 0.3) is 11.3 Å². The third kappa shape index (κ3) is 4.16. The smallest absolute Gasteiger partial charge is 0.442 e. The first-order chi connectivity index (χ1) is 13.6. The number of hydrogen-bond acceptors (Lipinski definition) is 6. The van der Waals surface area contributed by atoms with Gasteiger partial charge in [0.15, 0.2) is 0 Å². The number of alkyl halides is 3. The van der Waals surface area contributed by atoms with E-state index in [1.165, 1.54) is 19.4 Å². The molecule has 0 spiro atoms. The predicted molar refractivity (Wildman–Crippen MR) is 101 cm³/mol. The lowest BCUT2D eigenvalue weighted by molar-refractivity contribution is -0.387. The Bertz CT molecular complexity index is 1070. The van der Waals surface area contributed by atoms with E-state index < -0.39 is 22.5 Å². The minimum atomic E-state index is -5.03.